The van der Waals surface area contributed by atoms with Gasteiger partial charge in [0.2, 0.25) is 0 Å². The predicted molar refractivity (Wildman–Crippen MR) is 151 cm³/mol. The van der Waals surface area contributed by atoms with Crippen LogP contribution in [0.3, 0.4) is 0 Å². The molecule has 0 amide bonds. The van der Waals surface area contributed by atoms with E-state index in [0.29, 0.717) is 52.9 Å². The zero-order chi connectivity index (χ0) is 27.5. The molecule has 0 rings (SSSR count). The van der Waals surface area contributed by atoms with Gasteiger partial charge in [-0.3, -0.25) is 0 Å². The van der Waals surface area contributed by atoms with Crippen molar-refractivity contribution in [2.24, 2.45) is 10.8 Å². The van der Waals surface area contributed by atoms with E-state index in [4.69, 9.17) is 23.7 Å². The maximum Gasteiger partial charge on any atom is 0.0635 e. The number of rotatable bonds is 30. The molecule has 0 aliphatic heterocycles. The Morgan fingerprint density at radius 1 is 0.432 bits per heavy atom. The number of ether oxygens (including phenoxy) is 5. The van der Waals surface area contributed by atoms with Crippen molar-refractivity contribution < 1.29 is 33.9 Å². The minimum absolute atomic E-state index is 0.141. The Morgan fingerprint density at radius 3 is 0.892 bits per heavy atom. The molecule has 0 radical (unpaired) electrons. The van der Waals surface area contributed by atoms with E-state index < -0.39 is 10.8 Å². The second kappa shape index (κ2) is 25.0. The number of hydrogen-bond acceptors (Lipinski definition) is 7. The summed E-state index contributed by atoms with van der Waals surface area (Å²) in [6.07, 6.45) is 14.4. The molecular weight excluding hydrogens is 472 g/mol. The molecule has 7 heteroatoms. The topological polar surface area (TPSA) is 86.6 Å². The summed E-state index contributed by atoms with van der Waals surface area (Å²) in [4.78, 5) is 0. The smallest absolute Gasteiger partial charge is 0.0635 e. The lowest BCUT2D eigenvalue weighted by Crippen LogP contribution is -2.45. The van der Waals surface area contributed by atoms with Crippen molar-refractivity contribution in [2.75, 3.05) is 79.3 Å². The highest BCUT2D eigenvalue weighted by Crippen LogP contribution is 2.24. The molecule has 0 spiro atoms. The summed E-state index contributed by atoms with van der Waals surface area (Å²) >= 11 is 0. The van der Waals surface area contributed by atoms with Gasteiger partial charge in [-0.25, -0.2) is 0 Å². The average Bonchev–Trinajstić information content (AvgIpc) is 2.91. The van der Waals surface area contributed by atoms with E-state index in [1.54, 1.807) is 0 Å². The molecule has 0 aromatic carbocycles. The van der Waals surface area contributed by atoms with Crippen LogP contribution >= 0.6 is 0 Å². The van der Waals surface area contributed by atoms with E-state index in [-0.39, 0.29) is 26.4 Å². The molecule has 0 unspecified atom stereocenters. The maximum atomic E-state index is 10.3. The number of aliphatic hydroxyl groups is 2. The summed E-state index contributed by atoms with van der Waals surface area (Å²) in [7, 11) is 0. The Morgan fingerprint density at radius 2 is 0.676 bits per heavy atom. The van der Waals surface area contributed by atoms with Gasteiger partial charge in [-0.1, -0.05) is 24.3 Å². The van der Waals surface area contributed by atoms with Crippen molar-refractivity contribution in [3.05, 3.63) is 50.6 Å². The molecule has 0 heterocycles. The minimum atomic E-state index is -0.709. The van der Waals surface area contributed by atoms with Gasteiger partial charge in [0.25, 0.3) is 0 Å². The molecule has 0 atom stereocenters. The average molecular weight is 527 g/mol. The normalized spacial score (nSPS) is 11.9. The van der Waals surface area contributed by atoms with Crippen LogP contribution in [0.25, 0.3) is 0 Å². The molecule has 0 saturated carbocycles. The summed E-state index contributed by atoms with van der Waals surface area (Å²) in [6, 6.07) is 0. The third kappa shape index (κ3) is 18.6. The van der Waals surface area contributed by atoms with Crippen LogP contribution in [0.4, 0.5) is 0 Å². The summed E-state index contributed by atoms with van der Waals surface area (Å²) in [5.41, 5.74) is -1.42. The van der Waals surface area contributed by atoms with E-state index in [0.717, 1.165) is 51.4 Å². The minimum Gasteiger partial charge on any atom is -0.396 e. The van der Waals surface area contributed by atoms with Crippen LogP contribution in [0.1, 0.15) is 51.4 Å². The summed E-state index contributed by atoms with van der Waals surface area (Å²) in [5.74, 6) is 0. The van der Waals surface area contributed by atoms with Crippen LogP contribution < -0.4 is 0 Å². The molecule has 0 aromatic heterocycles. The quantitative estimate of drug-likeness (QED) is 0.102. The fourth-order valence-electron chi connectivity index (χ4n) is 3.48. The Balaban J connectivity index is 5.14. The van der Waals surface area contributed by atoms with Gasteiger partial charge in [0.1, 0.15) is 0 Å². The zero-order valence-electron chi connectivity index (χ0n) is 23.2. The highest BCUT2D eigenvalue weighted by Gasteiger charge is 2.35. The van der Waals surface area contributed by atoms with Crippen LogP contribution in [0.5, 0.6) is 0 Å². The number of unbranched alkanes of at least 4 members (excludes halogenated alkanes) is 4. The molecule has 216 valence electrons. The lowest BCUT2D eigenvalue weighted by Gasteiger charge is -2.35. The lowest BCUT2D eigenvalue weighted by atomic mass is 9.90. The van der Waals surface area contributed by atoms with Crippen molar-refractivity contribution in [1.29, 1.82) is 0 Å². The van der Waals surface area contributed by atoms with Crippen molar-refractivity contribution in [3.8, 4) is 0 Å². The highest BCUT2D eigenvalue weighted by atomic mass is 16.5. The Labute approximate surface area is 226 Å². The standard InChI is InChI=1S/C30H54O7/c1-5-9-13-17-33-23-29(21-31,24-34-18-14-10-6-2)27-37-28-30(22-32,25-35-19-15-11-7-3)26-36-20-16-12-8-4/h5-8,31-32H,1-4,9-28H2. The van der Waals surface area contributed by atoms with E-state index in [1.807, 2.05) is 24.3 Å². The van der Waals surface area contributed by atoms with Crippen LogP contribution in [0.15, 0.2) is 50.6 Å². The van der Waals surface area contributed by atoms with Crippen LogP contribution in [-0.4, -0.2) is 89.5 Å². The molecule has 2 N–H and O–H groups in total. The SMILES string of the molecule is C=CCCCOCC(CO)(COCCCC=C)COCC(CO)(COCCCC=C)COCCCC=C. The fraction of sp³-hybridized carbons (Fsp3) is 0.733. The third-order valence-electron chi connectivity index (χ3n) is 5.91. The summed E-state index contributed by atoms with van der Waals surface area (Å²) in [6.45, 7) is 18.6. The van der Waals surface area contributed by atoms with Gasteiger partial charge >= 0.3 is 0 Å². The van der Waals surface area contributed by atoms with Crippen molar-refractivity contribution >= 4 is 0 Å². The first-order valence-electron chi connectivity index (χ1n) is 13.6. The lowest BCUT2D eigenvalue weighted by molar-refractivity contribution is -0.131. The van der Waals surface area contributed by atoms with Crippen molar-refractivity contribution in [1.82, 2.24) is 0 Å². The van der Waals surface area contributed by atoms with E-state index in [2.05, 4.69) is 26.3 Å². The van der Waals surface area contributed by atoms with E-state index >= 15 is 0 Å². The van der Waals surface area contributed by atoms with E-state index in [1.165, 1.54) is 0 Å². The molecule has 37 heavy (non-hydrogen) atoms. The molecule has 7 nitrogen and oxygen atoms in total. The first-order valence-corrected chi connectivity index (χ1v) is 13.6. The van der Waals surface area contributed by atoms with Gasteiger partial charge in [0.05, 0.1) is 63.7 Å². The number of allylic oxidation sites excluding steroid dienone is 4. The van der Waals surface area contributed by atoms with Crippen LogP contribution in [0, 0.1) is 10.8 Å². The maximum absolute atomic E-state index is 10.3. The molecule has 0 aliphatic rings. The van der Waals surface area contributed by atoms with Crippen LogP contribution in [-0.2, 0) is 23.7 Å². The highest BCUT2D eigenvalue weighted by molar-refractivity contribution is 4.82. The first kappa shape index (κ1) is 35.7. The Hall–Kier alpha value is -1.32. The van der Waals surface area contributed by atoms with Crippen molar-refractivity contribution in [2.45, 2.75) is 51.4 Å². The van der Waals surface area contributed by atoms with Gasteiger partial charge in [0.15, 0.2) is 0 Å². The third-order valence-corrected chi connectivity index (χ3v) is 5.91. The Kier molecular flexibility index (Phi) is 24.1. The van der Waals surface area contributed by atoms with Crippen LogP contribution in [0.2, 0.25) is 0 Å². The van der Waals surface area contributed by atoms with Crippen molar-refractivity contribution in [3.63, 3.8) is 0 Å². The summed E-state index contributed by atoms with van der Waals surface area (Å²) in [5, 5.41) is 20.7. The first-order chi connectivity index (χ1) is 18.1. The second-order valence-corrected chi connectivity index (χ2v) is 9.74. The fourth-order valence-corrected chi connectivity index (χ4v) is 3.48. The monoisotopic (exact) mass is 526 g/mol. The second-order valence-electron chi connectivity index (χ2n) is 9.74. The zero-order valence-corrected chi connectivity index (χ0v) is 23.2. The Bertz CT molecular complexity index is 480. The van der Waals surface area contributed by atoms with Gasteiger partial charge in [-0.15, -0.1) is 26.3 Å². The predicted octanol–water partition coefficient (Wildman–Crippen LogP) is 4.89. The summed E-state index contributed by atoms with van der Waals surface area (Å²) < 4.78 is 29.7. The molecule has 0 aromatic rings. The molecule has 0 fully saturated rings. The largest absolute Gasteiger partial charge is 0.396 e. The molecule has 0 saturated heterocycles. The number of hydrogen-bond donors (Lipinski definition) is 2. The van der Waals surface area contributed by atoms with Gasteiger partial charge in [-0.05, 0) is 51.4 Å². The van der Waals surface area contributed by atoms with Gasteiger partial charge in [-0.2, -0.15) is 0 Å². The number of aliphatic hydroxyl groups excluding tert-OH is 2. The van der Waals surface area contributed by atoms with Gasteiger partial charge < -0.3 is 33.9 Å². The molecular formula is C30H54O7. The van der Waals surface area contributed by atoms with Gasteiger partial charge in [0, 0.05) is 26.4 Å². The van der Waals surface area contributed by atoms with E-state index in [9.17, 15) is 10.2 Å². The molecule has 0 bridgehead atoms. The molecule has 0 aliphatic carbocycles.